The Labute approximate surface area is 222 Å². The molecule has 34 heavy (non-hydrogen) atoms. The van der Waals surface area contributed by atoms with Gasteiger partial charge in [-0.3, -0.25) is 14.8 Å². The van der Waals surface area contributed by atoms with Gasteiger partial charge in [0.2, 0.25) is 0 Å². The first-order valence-electron chi connectivity index (χ1n) is 12.4. The van der Waals surface area contributed by atoms with Gasteiger partial charge in [-0.05, 0) is 62.0 Å². The average molecular weight is 578 g/mol. The van der Waals surface area contributed by atoms with Crippen molar-refractivity contribution in [1.82, 2.24) is 20.4 Å². The highest BCUT2D eigenvalue weighted by atomic mass is 127. The van der Waals surface area contributed by atoms with Crippen LogP contribution in [0.1, 0.15) is 42.9 Å². The van der Waals surface area contributed by atoms with Crippen LogP contribution >= 0.6 is 24.0 Å². The summed E-state index contributed by atoms with van der Waals surface area (Å²) in [5.74, 6) is 1.82. The number of nitrogens with one attached hydrogen (secondary N) is 2. The third-order valence-electron chi connectivity index (χ3n) is 6.92. The summed E-state index contributed by atoms with van der Waals surface area (Å²) in [5.41, 5.74) is 2.69. The molecule has 2 fully saturated rings. The van der Waals surface area contributed by atoms with E-state index in [0.717, 1.165) is 63.8 Å². The Morgan fingerprint density at radius 2 is 1.76 bits per heavy atom. The zero-order valence-corrected chi connectivity index (χ0v) is 22.9. The molecular formula is C27H40IN5O. The number of hydrogen-bond acceptors (Lipinski definition) is 4. The second-order valence-electron chi connectivity index (χ2n) is 9.17. The first kappa shape index (κ1) is 26.8. The Bertz CT molecular complexity index is 880. The summed E-state index contributed by atoms with van der Waals surface area (Å²) in [6.45, 7) is 6.40. The summed E-state index contributed by atoms with van der Waals surface area (Å²) in [5, 5.41) is 7.30. The molecule has 7 heteroatoms. The SMILES string of the molecule is CN=C(NCC(c1cccc(OC)c1)N1CCCC1)NC1CCN(Cc2ccccc2)CC1.I. The predicted molar refractivity (Wildman–Crippen MR) is 151 cm³/mol. The molecule has 186 valence electrons. The fourth-order valence-corrected chi connectivity index (χ4v) is 5.02. The molecule has 1 unspecified atom stereocenters. The Hall–Kier alpha value is -1.84. The highest BCUT2D eigenvalue weighted by Crippen LogP contribution is 2.27. The molecule has 0 aromatic heterocycles. The number of guanidine groups is 1. The number of nitrogens with zero attached hydrogens (tertiary/aromatic N) is 3. The minimum Gasteiger partial charge on any atom is -0.497 e. The van der Waals surface area contributed by atoms with E-state index in [1.807, 2.05) is 13.1 Å². The second-order valence-corrected chi connectivity index (χ2v) is 9.17. The zero-order valence-electron chi connectivity index (χ0n) is 20.6. The van der Waals surface area contributed by atoms with Crippen molar-refractivity contribution < 1.29 is 4.74 Å². The summed E-state index contributed by atoms with van der Waals surface area (Å²) < 4.78 is 5.48. The van der Waals surface area contributed by atoms with Crippen molar-refractivity contribution >= 4 is 29.9 Å². The topological polar surface area (TPSA) is 52.1 Å². The van der Waals surface area contributed by atoms with Gasteiger partial charge in [0.25, 0.3) is 0 Å². The molecule has 2 heterocycles. The highest BCUT2D eigenvalue weighted by Gasteiger charge is 2.25. The Kier molecular flexibility index (Phi) is 10.9. The number of likely N-dealkylation sites (tertiary alicyclic amines) is 2. The van der Waals surface area contributed by atoms with E-state index in [-0.39, 0.29) is 24.0 Å². The second kappa shape index (κ2) is 13.9. The minimum atomic E-state index is 0. The molecule has 2 aliphatic rings. The summed E-state index contributed by atoms with van der Waals surface area (Å²) in [6.07, 6.45) is 4.82. The first-order valence-corrected chi connectivity index (χ1v) is 12.4. The van der Waals surface area contributed by atoms with Crippen molar-refractivity contribution in [3.05, 3.63) is 65.7 Å². The van der Waals surface area contributed by atoms with E-state index < -0.39 is 0 Å². The molecule has 6 nitrogen and oxygen atoms in total. The van der Waals surface area contributed by atoms with Gasteiger partial charge in [-0.2, -0.15) is 0 Å². The lowest BCUT2D eigenvalue weighted by Crippen LogP contribution is -2.49. The summed E-state index contributed by atoms with van der Waals surface area (Å²) in [7, 11) is 3.61. The lowest BCUT2D eigenvalue weighted by Gasteiger charge is -2.34. The summed E-state index contributed by atoms with van der Waals surface area (Å²) >= 11 is 0. The zero-order chi connectivity index (χ0) is 22.9. The molecule has 0 radical (unpaired) electrons. The molecule has 0 spiro atoms. The molecule has 2 N–H and O–H groups in total. The fourth-order valence-electron chi connectivity index (χ4n) is 5.02. The van der Waals surface area contributed by atoms with Gasteiger partial charge in [0.1, 0.15) is 5.75 Å². The van der Waals surface area contributed by atoms with Crippen LogP contribution < -0.4 is 15.4 Å². The fraction of sp³-hybridized carbons (Fsp3) is 0.519. The molecule has 4 rings (SSSR count). The van der Waals surface area contributed by atoms with Crippen LogP contribution in [0.3, 0.4) is 0 Å². The van der Waals surface area contributed by atoms with E-state index in [0.29, 0.717) is 12.1 Å². The van der Waals surface area contributed by atoms with Gasteiger partial charge in [0.15, 0.2) is 5.96 Å². The molecular weight excluding hydrogens is 537 g/mol. The quantitative estimate of drug-likeness (QED) is 0.279. The molecule has 2 saturated heterocycles. The lowest BCUT2D eigenvalue weighted by atomic mass is 10.0. The maximum Gasteiger partial charge on any atom is 0.191 e. The van der Waals surface area contributed by atoms with Crippen molar-refractivity contribution in [2.24, 2.45) is 4.99 Å². The number of benzene rings is 2. The van der Waals surface area contributed by atoms with Crippen molar-refractivity contribution in [1.29, 1.82) is 0 Å². The normalized spacial score (nSPS) is 18.8. The van der Waals surface area contributed by atoms with Gasteiger partial charge in [0.05, 0.1) is 13.2 Å². The van der Waals surface area contributed by atoms with Crippen LogP contribution in [0, 0.1) is 0 Å². The minimum absolute atomic E-state index is 0. The maximum atomic E-state index is 5.48. The highest BCUT2D eigenvalue weighted by molar-refractivity contribution is 14.0. The molecule has 0 aliphatic carbocycles. The third kappa shape index (κ3) is 7.58. The standard InChI is InChI=1S/C27H39N5O.HI/c1-28-27(30-24-13-17-31(18-14-24)21-22-9-4-3-5-10-22)29-20-26(32-15-6-7-16-32)23-11-8-12-25(19-23)33-2;/h3-5,8-12,19,24,26H,6-7,13-18,20-21H2,1-2H3,(H2,28,29,30);1H. The Morgan fingerprint density at radius 3 is 2.44 bits per heavy atom. The van der Waals surface area contributed by atoms with Crippen LogP contribution in [0.5, 0.6) is 5.75 Å². The van der Waals surface area contributed by atoms with E-state index in [4.69, 9.17) is 4.74 Å². The first-order chi connectivity index (χ1) is 16.2. The molecule has 2 aromatic rings. The number of hydrogen-bond donors (Lipinski definition) is 2. The molecule has 2 aliphatic heterocycles. The molecule has 0 amide bonds. The van der Waals surface area contributed by atoms with Gasteiger partial charge in [-0.1, -0.05) is 42.5 Å². The maximum absolute atomic E-state index is 5.48. The number of aliphatic imine (C=N–C) groups is 1. The third-order valence-corrected chi connectivity index (χ3v) is 6.92. The van der Waals surface area contributed by atoms with Crippen molar-refractivity contribution in [2.45, 2.75) is 44.3 Å². The van der Waals surface area contributed by atoms with Crippen LogP contribution in [0.25, 0.3) is 0 Å². The number of ether oxygens (including phenoxy) is 1. The molecule has 2 aromatic carbocycles. The average Bonchev–Trinajstić information content (AvgIpc) is 3.40. The smallest absolute Gasteiger partial charge is 0.191 e. The Morgan fingerprint density at radius 1 is 1.03 bits per heavy atom. The van der Waals surface area contributed by atoms with Gasteiger partial charge < -0.3 is 15.4 Å². The van der Waals surface area contributed by atoms with E-state index in [1.165, 1.54) is 24.0 Å². The van der Waals surface area contributed by atoms with E-state index in [9.17, 15) is 0 Å². The van der Waals surface area contributed by atoms with Gasteiger partial charge in [-0.25, -0.2) is 0 Å². The van der Waals surface area contributed by atoms with E-state index >= 15 is 0 Å². The summed E-state index contributed by atoms with van der Waals surface area (Å²) in [6, 6.07) is 20.0. The monoisotopic (exact) mass is 577 g/mol. The molecule has 0 saturated carbocycles. The van der Waals surface area contributed by atoms with Crippen LogP contribution in [0.4, 0.5) is 0 Å². The predicted octanol–water partition coefficient (Wildman–Crippen LogP) is 4.28. The van der Waals surface area contributed by atoms with Gasteiger partial charge >= 0.3 is 0 Å². The van der Waals surface area contributed by atoms with Crippen LogP contribution in [-0.2, 0) is 6.54 Å². The van der Waals surface area contributed by atoms with Gasteiger partial charge in [0, 0.05) is 39.3 Å². The number of halogens is 1. The van der Waals surface area contributed by atoms with Gasteiger partial charge in [-0.15, -0.1) is 24.0 Å². The number of piperidine rings is 1. The van der Waals surface area contributed by atoms with E-state index in [2.05, 4.69) is 74.0 Å². The van der Waals surface area contributed by atoms with Crippen molar-refractivity contribution in [3.8, 4) is 5.75 Å². The number of methoxy groups -OCH3 is 1. The molecule has 1 atom stereocenters. The molecule has 0 bridgehead atoms. The van der Waals surface area contributed by atoms with E-state index in [1.54, 1.807) is 7.11 Å². The Balaban J connectivity index is 0.00000324. The van der Waals surface area contributed by atoms with Crippen molar-refractivity contribution in [2.75, 3.05) is 46.9 Å². The van der Waals surface area contributed by atoms with Crippen LogP contribution in [0.2, 0.25) is 0 Å². The largest absolute Gasteiger partial charge is 0.497 e. The van der Waals surface area contributed by atoms with Crippen molar-refractivity contribution in [3.63, 3.8) is 0 Å². The van der Waals surface area contributed by atoms with Crippen LogP contribution in [-0.4, -0.2) is 68.7 Å². The van der Waals surface area contributed by atoms with Crippen LogP contribution in [0.15, 0.2) is 59.6 Å². The number of rotatable bonds is 8. The summed E-state index contributed by atoms with van der Waals surface area (Å²) in [4.78, 5) is 9.66. The lowest BCUT2D eigenvalue weighted by molar-refractivity contribution is 0.198.